The van der Waals surface area contributed by atoms with Gasteiger partial charge in [0.05, 0.1) is 0 Å². The molecule has 0 saturated carbocycles. The van der Waals surface area contributed by atoms with E-state index < -0.39 is 12.1 Å². The van der Waals surface area contributed by atoms with Gasteiger partial charge in [-0.05, 0) is 67.8 Å². The summed E-state index contributed by atoms with van der Waals surface area (Å²) in [5, 5.41) is 21.7. The Kier molecular flexibility index (Phi) is 9.77. The monoisotopic (exact) mass is 492 g/mol. The quantitative estimate of drug-likeness (QED) is 0.183. The van der Waals surface area contributed by atoms with Crippen LogP contribution in [0.1, 0.15) is 19.3 Å². The average molecular weight is 493 g/mol. The van der Waals surface area contributed by atoms with Crippen LogP contribution >= 0.6 is 23.2 Å². The van der Waals surface area contributed by atoms with E-state index in [4.69, 9.17) is 45.5 Å². The van der Waals surface area contributed by atoms with Gasteiger partial charge >= 0.3 is 12.1 Å². The van der Waals surface area contributed by atoms with Gasteiger partial charge in [-0.2, -0.15) is 0 Å². The van der Waals surface area contributed by atoms with Crippen LogP contribution in [0.4, 0.5) is 21.0 Å². The molecule has 8 N–H and O–H groups in total. The lowest BCUT2D eigenvalue weighted by Gasteiger charge is -2.22. The van der Waals surface area contributed by atoms with Crippen LogP contribution in [0.3, 0.4) is 0 Å². The van der Waals surface area contributed by atoms with E-state index in [1.54, 1.807) is 48.5 Å². The molecule has 0 fully saturated rings. The van der Waals surface area contributed by atoms with Gasteiger partial charge in [0.15, 0.2) is 11.9 Å². The summed E-state index contributed by atoms with van der Waals surface area (Å²) >= 11 is 11.7. The zero-order valence-corrected chi connectivity index (χ0v) is 19.3. The molecule has 0 saturated heterocycles. The van der Waals surface area contributed by atoms with Crippen molar-refractivity contribution in [3.63, 3.8) is 0 Å². The number of unbranched alkanes of at least 4 members (excludes halogenated alkanes) is 2. The molecule has 0 atom stereocenters. The lowest BCUT2D eigenvalue weighted by molar-refractivity contribution is 0.231. The lowest BCUT2D eigenvalue weighted by atomic mass is 10.2. The summed E-state index contributed by atoms with van der Waals surface area (Å²) in [6.07, 6.45) is 1.66. The Morgan fingerprint density at radius 2 is 1.03 bits per heavy atom. The maximum absolute atomic E-state index is 12.4. The third-order valence-electron chi connectivity index (χ3n) is 4.53. The van der Waals surface area contributed by atoms with Crippen LogP contribution in [0, 0.1) is 10.8 Å². The van der Waals surface area contributed by atoms with Crippen LogP contribution in [0.25, 0.3) is 0 Å². The van der Waals surface area contributed by atoms with Gasteiger partial charge in [0.25, 0.3) is 0 Å². The van der Waals surface area contributed by atoms with Gasteiger partial charge in [0.1, 0.15) is 0 Å². The van der Waals surface area contributed by atoms with Gasteiger partial charge in [-0.1, -0.05) is 23.2 Å². The standard InChI is InChI=1S/C21H26Cl2N8O2/c22-14-4-8-16(9-5-14)28-20(32)30(18(24)25)12-2-1-3-13-31(19(26)27)21(33)29-17-10-6-15(23)7-11-17/h4-11H,1-3,12-13H2,(H3,24,25)(H3,26,27)(H,28,32)(H,29,33). The number of hydrogen-bond donors (Lipinski definition) is 6. The Bertz CT molecular complexity index is 903. The van der Waals surface area contributed by atoms with Gasteiger partial charge < -0.3 is 22.1 Å². The van der Waals surface area contributed by atoms with Gasteiger partial charge in [-0.15, -0.1) is 0 Å². The minimum atomic E-state index is -0.530. The summed E-state index contributed by atoms with van der Waals surface area (Å²) in [7, 11) is 0. The van der Waals surface area contributed by atoms with E-state index in [-0.39, 0.29) is 25.0 Å². The van der Waals surface area contributed by atoms with E-state index in [0.717, 1.165) is 9.80 Å². The summed E-state index contributed by atoms with van der Waals surface area (Å²) < 4.78 is 0. The normalized spacial score (nSPS) is 10.2. The average Bonchev–Trinajstić information content (AvgIpc) is 2.75. The SMILES string of the molecule is N=C(N)N(CCCCCN(C(=N)N)C(=O)Nc1ccc(Cl)cc1)C(=O)Nc1ccc(Cl)cc1. The van der Waals surface area contributed by atoms with Gasteiger partial charge in [0.2, 0.25) is 0 Å². The molecular formula is C21H26Cl2N8O2. The second kappa shape index (κ2) is 12.5. The molecule has 0 aliphatic carbocycles. The van der Waals surface area contributed by atoms with Crippen LogP contribution in [-0.2, 0) is 0 Å². The van der Waals surface area contributed by atoms with E-state index in [2.05, 4.69) is 10.6 Å². The Morgan fingerprint density at radius 3 is 1.33 bits per heavy atom. The maximum atomic E-state index is 12.4. The first-order valence-electron chi connectivity index (χ1n) is 10.0. The second-order valence-corrected chi connectivity index (χ2v) is 7.88. The van der Waals surface area contributed by atoms with Crippen molar-refractivity contribution >= 4 is 58.6 Å². The molecular weight excluding hydrogens is 467 g/mol. The van der Waals surface area contributed by atoms with Crippen LogP contribution in [0.2, 0.25) is 10.0 Å². The zero-order chi connectivity index (χ0) is 24.4. The zero-order valence-electron chi connectivity index (χ0n) is 17.8. The van der Waals surface area contributed by atoms with Crippen molar-refractivity contribution in [2.45, 2.75) is 19.3 Å². The Labute approximate surface area is 201 Å². The molecule has 12 heteroatoms. The number of guanidine groups is 2. The fourth-order valence-electron chi connectivity index (χ4n) is 2.83. The van der Waals surface area contributed by atoms with Crippen molar-refractivity contribution < 1.29 is 9.59 Å². The molecule has 0 heterocycles. The highest BCUT2D eigenvalue weighted by molar-refractivity contribution is 6.31. The summed E-state index contributed by atoms with van der Waals surface area (Å²) in [5.41, 5.74) is 12.2. The van der Waals surface area contributed by atoms with Crippen molar-refractivity contribution in [1.29, 1.82) is 10.8 Å². The number of nitrogens with two attached hydrogens (primary N) is 2. The molecule has 0 aromatic heterocycles. The first kappa shape index (κ1) is 25.8. The van der Waals surface area contributed by atoms with Crippen molar-refractivity contribution in [1.82, 2.24) is 9.80 Å². The third-order valence-corrected chi connectivity index (χ3v) is 5.03. The number of nitrogens with one attached hydrogen (secondary N) is 4. The van der Waals surface area contributed by atoms with Crippen LogP contribution in [0.15, 0.2) is 48.5 Å². The molecule has 2 aromatic rings. The Balaban J connectivity index is 1.81. The predicted molar refractivity (Wildman–Crippen MR) is 132 cm³/mol. The highest BCUT2D eigenvalue weighted by Crippen LogP contribution is 2.15. The van der Waals surface area contributed by atoms with Crippen molar-refractivity contribution in [3.8, 4) is 0 Å². The lowest BCUT2D eigenvalue weighted by Crippen LogP contribution is -2.45. The van der Waals surface area contributed by atoms with Crippen LogP contribution in [0.5, 0.6) is 0 Å². The molecule has 10 nitrogen and oxygen atoms in total. The predicted octanol–water partition coefficient (Wildman–Crippen LogP) is 4.32. The van der Waals surface area contributed by atoms with Gasteiger partial charge in [0, 0.05) is 34.5 Å². The molecule has 2 aromatic carbocycles. The number of halogens is 2. The molecule has 0 aliphatic heterocycles. The van der Waals surface area contributed by atoms with E-state index in [1.807, 2.05) is 0 Å². The Hall–Kier alpha value is -3.50. The number of hydrogen-bond acceptors (Lipinski definition) is 4. The van der Waals surface area contributed by atoms with E-state index >= 15 is 0 Å². The molecule has 0 spiro atoms. The van der Waals surface area contributed by atoms with Crippen LogP contribution in [-0.4, -0.2) is 46.9 Å². The maximum Gasteiger partial charge on any atom is 0.328 e. The number of benzene rings is 2. The second-order valence-electron chi connectivity index (χ2n) is 7.01. The minimum Gasteiger partial charge on any atom is -0.370 e. The number of urea groups is 2. The topological polar surface area (TPSA) is 164 Å². The number of amides is 4. The number of anilines is 2. The molecule has 0 aliphatic rings. The first-order valence-corrected chi connectivity index (χ1v) is 10.8. The Morgan fingerprint density at radius 1 is 0.697 bits per heavy atom. The molecule has 176 valence electrons. The largest absolute Gasteiger partial charge is 0.370 e. The highest BCUT2D eigenvalue weighted by atomic mass is 35.5. The van der Waals surface area contributed by atoms with Crippen LogP contribution < -0.4 is 22.1 Å². The summed E-state index contributed by atoms with van der Waals surface area (Å²) in [6.45, 7) is 0.428. The van der Waals surface area contributed by atoms with Crippen molar-refractivity contribution in [2.75, 3.05) is 23.7 Å². The van der Waals surface area contributed by atoms with E-state index in [0.29, 0.717) is 40.7 Å². The van der Waals surface area contributed by atoms with Crippen molar-refractivity contribution in [2.24, 2.45) is 11.5 Å². The van der Waals surface area contributed by atoms with Crippen molar-refractivity contribution in [3.05, 3.63) is 58.6 Å². The molecule has 2 rings (SSSR count). The third kappa shape index (κ3) is 8.51. The minimum absolute atomic E-state index is 0.214. The fraction of sp³-hybridized carbons (Fsp3) is 0.238. The van der Waals surface area contributed by atoms with E-state index in [9.17, 15) is 9.59 Å². The van der Waals surface area contributed by atoms with E-state index in [1.165, 1.54) is 0 Å². The number of rotatable bonds is 8. The molecule has 0 unspecified atom stereocenters. The van der Waals surface area contributed by atoms with Gasteiger partial charge in [-0.3, -0.25) is 20.6 Å². The molecule has 33 heavy (non-hydrogen) atoms. The summed E-state index contributed by atoms with van der Waals surface area (Å²) in [6, 6.07) is 12.1. The first-order chi connectivity index (χ1) is 15.7. The molecule has 4 amide bonds. The number of nitrogens with zero attached hydrogens (tertiary/aromatic N) is 2. The highest BCUT2D eigenvalue weighted by Gasteiger charge is 2.18. The van der Waals surface area contributed by atoms with Gasteiger partial charge in [-0.25, -0.2) is 9.59 Å². The smallest absolute Gasteiger partial charge is 0.328 e. The summed E-state index contributed by atoms with van der Waals surface area (Å²) in [5.74, 6) is -0.761. The number of carbonyl (C=O) groups excluding carboxylic acids is 2. The molecule has 0 radical (unpaired) electrons. The summed E-state index contributed by atoms with van der Waals surface area (Å²) in [4.78, 5) is 27.1. The fourth-order valence-corrected chi connectivity index (χ4v) is 3.08. The molecule has 0 bridgehead atoms. The number of carbonyl (C=O) groups is 2.